The van der Waals surface area contributed by atoms with Crippen molar-refractivity contribution in [3.63, 3.8) is 0 Å². The first-order valence-electron chi connectivity index (χ1n) is 8.71. The first kappa shape index (κ1) is 23.6. The predicted octanol–water partition coefficient (Wildman–Crippen LogP) is 3.04. The first-order valence-corrected chi connectivity index (χ1v) is 10.5. The quantitative estimate of drug-likeness (QED) is 0.591. The summed E-state index contributed by atoms with van der Waals surface area (Å²) in [5.41, 5.74) is 0.758. The Labute approximate surface area is 180 Å². The third-order valence-corrected chi connectivity index (χ3v) is 5.99. The number of nitrogens with zero attached hydrogens (tertiary/aromatic N) is 1. The maximum atomic E-state index is 12.7. The highest BCUT2D eigenvalue weighted by Gasteiger charge is 2.21. The largest absolute Gasteiger partial charge is 0.447 e. The molecule has 0 bridgehead atoms. The minimum absolute atomic E-state index is 0.00284. The molecule has 11 heteroatoms. The summed E-state index contributed by atoms with van der Waals surface area (Å²) in [5.74, 6) is -0.601. The molecule has 2 aromatic carbocycles. The highest BCUT2D eigenvalue weighted by atomic mass is 35.5. The van der Waals surface area contributed by atoms with Crippen LogP contribution in [0.1, 0.15) is 10.4 Å². The SMILES string of the molecule is COCCOC(=O)Nc1cccc(NC(=O)c2cc(S(=O)(=O)N(C)C)ccc2Cl)c1. The number of sulfonamides is 1. The molecular weight excluding hydrogens is 434 g/mol. The number of methoxy groups -OCH3 is 1. The lowest BCUT2D eigenvalue weighted by Gasteiger charge is -2.13. The number of nitrogens with one attached hydrogen (secondary N) is 2. The predicted molar refractivity (Wildman–Crippen MR) is 114 cm³/mol. The van der Waals surface area contributed by atoms with Gasteiger partial charge in [-0.3, -0.25) is 10.1 Å². The van der Waals surface area contributed by atoms with E-state index in [-0.39, 0.29) is 28.7 Å². The van der Waals surface area contributed by atoms with E-state index in [9.17, 15) is 18.0 Å². The molecular formula is C19H22ClN3O6S. The molecule has 0 spiro atoms. The van der Waals surface area contributed by atoms with Crippen LogP contribution in [-0.2, 0) is 19.5 Å². The van der Waals surface area contributed by atoms with E-state index in [2.05, 4.69) is 10.6 Å². The van der Waals surface area contributed by atoms with Gasteiger partial charge in [0.2, 0.25) is 10.0 Å². The maximum Gasteiger partial charge on any atom is 0.411 e. The normalized spacial score (nSPS) is 11.2. The summed E-state index contributed by atoms with van der Waals surface area (Å²) in [6.07, 6.45) is -0.667. The number of carbonyl (C=O) groups is 2. The zero-order chi connectivity index (χ0) is 22.3. The van der Waals surface area contributed by atoms with Gasteiger partial charge in [0.05, 0.1) is 22.1 Å². The second kappa shape index (κ2) is 10.4. The second-order valence-corrected chi connectivity index (χ2v) is 8.78. The van der Waals surface area contributed by atoms with Crippen molar-refractivity contribution in [2.24, 2.45) is 0 Å². The number of hydrogen-bond donors (Lipinski definition) is 2. The van der Waals surface area contributed by atoms with E-state index in [4.69, 9.17) is 21.1 Å². The van der Waals surface area contributed by atoms with Crippen molar-refractivity contribution >= 4 is 45.0 Å². The number of carbonyl (C=O) groups excluding carboxylic acids is 2. The molecule has 0 atom stereocenters. The first-order chi connectivity index (χ1) is 14.1. The standard InChI is InChI=1S/C19H22ClN3O6S/c1-23(2)30(26,27)15-7-8-17(20)16(12-15)18(24)21-13-5-4-6-14(11-13)22-19(25)29-10-9-28-3/h4-8,11-12H,9-10H2,1-3H3,(H,21,24)(H,22,25). The summed E-state index contributed by atoms with van der Waals surface area (Å²) in [4.78, 5) is 24.3. The van der Waals surface area contributed by atoms with Crippen molar-refractivity contribution in [3.8, 4) is 0 Å². The highest BCUT2D eigenvalue weighted by Crippen LogP contribution is 2.24. The molecule has 0 aliphatic heterocycles. The Balaban J connectivity index is 2.16. The topological polar surface area (TPSA) is 114 Å². The van der Waals surface area contributed by atoms with Gasteiger partial charge < -0.3 is 14.8 Å². The fourth-order valence-electron chi connectivity index (χ4n) is 2.29. The number of hydrogen-bond acceptors (Lipinski definition) is 6. The summed E-state index contributed by atoms with van der Waals surface area (Å²) < 4.78 is 35.4. The van der Waals surface area contributed by atoms with Crippen molar-refractivity contribution in [2.45, 2.75) is 4.90 Å². The summed E-state index contributed by atoms with van der Waals surface area (Å²) in [5, 5.41) is 5.26. The Morgan fingerprint density at radius 2 is 1.70 bits per heavy atom. The molecule has 162 valence electrons. The smallest absolute Gasteiger partial charge is 0.411 e. The Hall–Kier alpha value is -2.66. The molecule has 2 N–H and O–H groups in total. The van der Waals surface area contributed by atoms with Gasteiger partial charge in [0.15, 0.2) is 0 Å². The monoisotopic (exact) mass is 455 g/mol. The zero-order valence-corrected chi connectivity index (χ0v) is 18.2. The third-order valence-electron chi connectivity index (χ3n) is 3.85. The van der Waals surface area contributed by atoms with E-state index in [1.165, 1.54) is 45.5 Å². The van der Waals surface area contributed by atoms with Gasteiger partial charge in [-0.05, 0) is 36.4 Å². The highest BCUT2D eigenvalue weighted by molar-refractivity contribution is 7.89. The Kier molecular flexibility index (Phi) is 8.18. The number of benzene rings is 2. The summed E-state index contributed by atoms with van der Waals surface area (Å²) >= 11 is 6.09. The van der Waals surface area contributed by atoms with Crippen molar-refractivity contribution in [2.75, 3.05) is 45.1 Å². The average Bonchev–Trinajstić information content (AvgIpc) is 2.68. The molecule has 2 amide bonds. The number of rotatable bonds is 8. The van der Waals surface area contributed by atoms with Crippen LogP contribution in [0.5, 0.6) is 0 Å². The second-order valence-electron chi connectivity index (χ2n) is 6.22. The summed E-state index contributed by atoms with van der Waals surface area (Å²) in [7, 11) is 0.546. The Morgan fingerprint density at radius 3 is 2.33 bits per heavy atom. The van der Waals surface area contributed by atoms with Gasteiger partial charge in [-0.2, -0.15) is 0 Å². The molecule has 30 heavy (non-hydrogen) atoms. The van der Waals surface area contributed by atoms with Crippen molar-refractivity contribution < 1.29 is 27.5 Å². The van der Waals surface area contributed by atoms with Crippen LogP contribution in [0.4, 0.5) is 16.2 Å². The van der Waals surface area contributed by atoms with Crippen LogP contribution >= 0.6 is 11.6 Å². The van der Waals surface area contributed by atoms with E-state index >= 15 is 0 Å². The van der Waals surface area contributed by atoms with Crippen LogP contribution in [0, 0.1) is 0 Å². The molecule has 2 rings (SSSR count). The van der Waals surface area contributed by atoms with Crippen molar-refractivity contribution in [3.05, 3.63) is 53.1 Å². The Morgan fingerprint density at radius 1 is 1.03 bits per heavy atom. The van der Waals surface area contributed by atoms with Gasteiger partial charge in [0.25, 0.3) is 5.91 Å². The molecule has 9 nitrogen and oxygen atoms in total. The fraction of sp³-hybridized carbons (Fsp3) is 0.263. The molecule has 0 saturated carbocycles. The molecule has 2 aromatic rings. The fourth-order valence-corrected chi connectivity index (χ4v) is 3.43. The van der Waals surface area contributed by atoms with E-state index in [0.29, 0.717) is 11.4 Å². The van der Waals surface area contributed by atoms with Crippen LogP contribution in [0.2, 0.25) is 5.02 Å². The Bertz CT molecular complexity index is 1030. The number of anilines is 2. The molecule has 0 aliphatic rings. The van der Waals surface area contributed by atoms with E-state index < -0.39 is 22.0 Å². The number of ether oxygens (including phenoxy) is 2. The molecule has 0 fully saturated rings. The van der Waals surface area contributed by atoms with Crippen LogP contribution in [0.3, 0.4) is 0 Å². The molecule has 0 radical (unpaired) electrons. The third kappa shape index (κ3) is 6.17. The van der Waals surface area contributed by atoms with Crippen LogP contribution < -0.4 is 10.6 Å². The molecule has 0 unspecified atom stereocenters. The average molecular weight is 456 g/mol. The van der Waals surface area contributed by atoms with Gasteiger partial charge >= 0.3 is 6.09 Å². The minimum atomic E-state index is -3.73. The van der Waals surface area contributed by atoms with Crippen molar-refractivity contribution in [1.82, 2.24) is 4.31 Å². The molecule has 0 saturated heterocycles. The lowest BCUT2D eigenvalue weighted by Crippen LogP contribution is -2.23. The van der Waals surface area contributed by atoms with Crippen LogP contribution in [-0.4, -0.2) is 59.1 Å². The van der Waals surface area contributed by atoms with E-state index in [1.807, 2.05) is 0 Å². The van der Waals surface area contributed by atoms with Gasteiger partial charge in [-0.25, -0.2) is 17.5 Å². The van der Waals surface area contributed by atoms with Crippen molar-refractivity contribution in [1.29, 1.82) is 0 Å². The zero-order valence-electron chi connectivity index (χ0n) is 16.6. The molecule has 0 heterocycles. The van der Waals surface area contributed by atoms with E-state index in [1.54, 1.807) is 18.2 Å². The van der Waals surface area contributed by atoms with Gasteiger partial charge in [-0.1, -0.05) is 17.7 Å². The van der Waals surface area contributed by atoms with Gasteiger partial charge in [-0.15, -0.1) is 0 Å². The number of halogens is 1. The minimum Gasteiger partial charge on any atom is -0.447 e. The molecule has 0 aromatic heterocycles. The van der Waals surface area contributed by atoms with Gasteiger partial charge in [0.1, 0.15) is 6.61 Å². The molecule has 0 aliphatic carbocycles. The lowest BCUT2D eigenvalue weighted by molar-refractivity contribution is 0.102. The van der Waals surface area contributed by atoms with Crippen LogP contribution in [0.25, 0.3) is 0 Å². The van der Waals surface area contributed by atoms with E-state index in [0.717, 1.165) is 4.31 Å². The number of amides is 2. The summed E-state index contributed by atoms with van der Waals surface area (Å²) in [6.45, 7) is 0.371. The lowest BCUT2D eigenvalue weighted by atomic mass is 10.2. The van der Waals surface area contributed by atoms with Crippen LogP contribution in [0.15, 0.2) is 47.4 Å². The maximum absolute atomic E-state index is 12.7. The van der Waals surface area contributed by atoms with Gasteiger partial charge in [0, 0.05) is 32.6 Å². The summed E-state index contributed by atoms with van der Waals surface area (Å²) in [6, 6.07) is 10.2.